The third-order valence-electron chi connectivity index (χ3n) is 2.80. The van der Waals surface area contributed by atoms with E-state index < -0.39 is 0 Å². The van der Waals surface area contributed by atoms with Crippen molar-refractivity contribution in [2.45, 2.75) is 13.5 Å². The molecule has 1 heterocycles. The highest BCUT2D eigenvalue weighted by atomic mass is 79.9. The van der Waals surface area contributed by atoms with Gasteiger partial charge in [-0.1, -0.05) is 12.1 Å². The molecule has 0 saturated carbocycles. The van der Waals surface area contributed by atoms with Crippen LogP contribution in [0.15, 0.2) is 41.0 Å². The number of aromatic nitrogens is 1. The summed E-state index contributed by atoms with van der Waals surface area (Å²) in [4.78, 5) is 6.51. The van der Waals surface area contributed by atoms with Crippen molar-refractivity contribution in [3.63, 3.8) is 0 Å². The second kappa shape index (κ2) is 5.40. The van der Waals surface area contributed by atoms with Crippen molar-refractivity contribution in [3.8, 4) is 0 Å². The van der Waals surface area contributed by atoms with Crippen molar-refractivity contribution >= 4 is 27.4 Å². The van der Waals surface area contributed by atoms with Crippen LogP contribution in [0.5, 0.6) is 0 Å². The minimum Gasteiger partial charge on any atom is -0.399 e. The van der Waals surface area contributed by atoms with Crippen molar-refractivity contribution in [1.29, 1.82) is 0 Å². The third kappa shape index (κ3) is 2.82. The van der Waals surface area contributed by atoms with Gasteiger partial charge in [0.2, 0.25) is 0 Å². The number of nitrogens with two attached hydrogens (primary N) is 1. The molecule has 0 aliphatic carbocycles. The van der Waals surface area contributed by atoms with E-state index in [0.717, 1.165) is 22.5 Å². The molecule has 0 aliphatic rings. The number of halogens is 1. The molecule has 0 atom stereocenters. The molecule has 0 amide bonds. The summed E-state index contributed by atoms with van der Waals surface area (Å²) in [6.07, 6.45) is 1.82. The first-order chi connectivity index (χ1) is 8.58. The van der Waals surface area contributed by atoms with Crippen LogP contribution in [0.25, 0.3) is 0 Å². The molecular weight excluding hydrogens is 290 g/mol. The zero-order valence-electron chi connectivity index (χ0n) is 10.5. The molecule has 0 fully saturated rings. The summed E-state index contributed by atoms with van der Waals surface area (Å²) in [5, 5.41) is 0. The molecular formula is C14H16BrN3. The Morgan fingerprint density at radius 3 is 2.83 bits per heavy atom. The molecule has 4 heteroatoms. The molecule has 94 valence electrons. The molecule has 18 heavy (non-hydrogen) atoms. The predicted molar refractivity (Wildman–Crippen MR) is 79.6 cm³/mol. The van der Waals surface area contributed by atoms with Crippen molar-refractivity contribution < 1.29 is 0 Å². The van der Waals surface area contributed by atoms with Gasteiger partial charge >= 0.3 is 0 Å². The van der Waals surface area contributed by atoms with Crippen LogP contribution >= 0.6 is 15.9 Å². The Balaban J connectivity index is 2.22. The fourth-order valence-corrected chi connectivity index (χ4v) is 2.37. The Morgan fingerprint density at radius 1 is 1.33 bits per heavy atom. The lowest BCUT2D eigenvalue weighted by atomic mass is 10.2. The molecule has 2 N–H and O–H groups in total. The normalized spacial score (nSPS) is 10.4. The van der Waals surface area contributed by atoms with E-state index in [9.17, 15) is 0 Å². The maximum absolute atomic E-state index is 5.78. The van der Waals surface area contributed by atoms with E-state index in [2.05, 4.69) is 38.8 Å². The summed E-state index contributed by atoms with van der Waals surface area (Å²) in [5.41, 5.74) is 8.93. The fraction of sp³-hybridized carbons (Fsp3) is 0.214. The van der Waals surface area contributed by atoms with Crippen LogP contribution in [0.3, 0.4) is 0 Å². The van der Waals surface area contributed by atoms with E-state index in [4.69, 9.17) is 5.73 Å². The van der Waals surface area contributed by atoms with Crippen LogP contribution in [-0.4, -0.2) is 12.0 Å². The largest absolute Gasteiger partial charge is 0.399 e. The molecule has 1 aromatic carbocycles. The average Bonchev–Trinajstić information content (AvgIpc) is 2.32. The first-order valence-corrected chi connectivity index (χ1v) is 6.54. The second-order valence-corrected chi connectivity index (χ2v) is 5.16. The quantitative estimate of drug-likeness (QED) is 0.884. The molecule has 3 nitrogen and oxygen atoms in total. The maximum Gasteiger partial charge on any atom is 0.143 e. The number of anilines is 2. The van der Waals surface area contributed by atoms with Crippen LogP contribution in [-0.2, 0) is 6.54 Å². The summed E-state index contributed by atoms with van der Waals surface area (Å²) in [6, 6.07) is 9.90. The summed E-state index contributed by atoms with van der Waals surface area (Å²) >= 11 is 3.58. The standard InChI is InChI=1S/C14H16BrN3/c1-10-6-7-17-14(13(10)15)18(2)9-11-4-3-5-12(16)8-11/h3-8H,9,16H2,1-2H3. The summed E-state index contributed by atoms with van der Waals surface area (Å²) in [6.45, 7) is 2.84. The summed E-state index contributed by atoms with van der Waals surface area (Å²) in [5.74, 6) is 0.942. The number of benzene rings is 1. The zero-order valence-corrected chi connectivity index (χ0v) is 12.1. The van der Waals surface area contributed by atoms with E-state index in [1.165, 1.54) is 11.1 Å². The zero-order chi connectivity index (χ0) is 13.1. The Labute approximate surface area is 116 Å². The Kier molecular flexibility index (Phi) is 3.87. The SMILES string of the molecule is Cc1ccnc(N(C)Cc2cccc(N)c2)c1Br. The fourth-order valence-electron chi connectivity index (χ4n) is 1.83. The molecule has 2 aromatic rings. The van der Waals surface area contributed by atoms with Crippen LogP contribution in [0.4, 0.5) is 11.5 Å². The van der Waals surface area contributed by atoms with Gasteiger partial charge in [0.25, 0.3) is 0 Å². The highest BCUT2D eigenvalue weighted by molar-refractivity contribution is 9.10. The minimum absolute atomic E-state index is 0.778. The average molecular weight is 306 g/mol. The van der Waals surface area contributed by atoms with Gasteiger partial charge in [-0.25, -0.2) is 4.98 Å². The number of hydrogen-bond donors (Lipinski definition) is 1. The number of nitrogen functional groups attached to an aromatic ring is 1. The maximum atomic E-state index is 5.78. The van der Waals surface area contributed by atoms with Crippen LogP contribution in [0.1, 0.15) is 11.1 Å². The van der Waals surface area contributed by atoms with Crippen LogP contribution < -0.4 is 10.6 Å². The van der Waals surface area contributed by atoms with E-state index >= 15 is 0 Å². The molecule has 2 rings (SSSR count). The number of nitrogens with zero attached hydrogens (tertiary/aromatic N) is 2. The monoisotopic (exact) mass is 305 g/mol. The van der Waals surface area contributed by atoms with E-state index in [0.29, 0.717) is 0 Å². The van der Waals surface area contributed by atoms with Gasteiger partial charge in [0.15, 0.2) is 0 Å². The molecule has 0 spiro atoms. The van der Waals surface area contributed by atoms with E-state index in [-0.39, 0.29) is 0 Å². The molecule has 0 unspecified atom stereocenters. The van der Waals surface area contributed by atoms with Crippen molar-refractivity contribution in [2.24, 2.45) is 0 Å². The topological polar surface area (TPSA) is 42.2 Å². The van der Waals surface area contributed by atoms with Crippen molar-refractivity contribution in [3.05, 3.63) is 52.1 Å². The van der Waals surface area contributed by atoms with Gasteiger partial charge in [-0.2, -0.15) is 0 Å². The number of hydrogen-bond acceptors (Lipinski definition) is 3. The summed E-state index contributed by atoms with van der Waals surface area (Å²) < 4.78 is 1.04. The Bertz CT molecular complexity index is 554. The second-order valence-electron chi connectivity index (χ2n) is 4.37. The van der Waals surface area contributed by atoms with Crippen LogP contribution in [0.2, 0.25) is 0 Å². The number of rotatable bonds is 3. The van der Waals surface area contributed by atoms with Gasteiger partial charge in [-0.3, -0.25) is 0 Å². The third-order valence-corrected chi connectivity index (χ3v) is 3.78. The van der Waals surface area contributed by atoms with Crippen molar-refractivity contribution in [1.82, 2.24) is 4.98 Å². The van der Waals surface area contributed by atoms with Gasteiger partial charge in [0.05, 0.1) is 4.47 Å². The highest BCUT2D eigenvalue weighted by Gasteiger charge is 2.09. The molecule has 1 aromatic heterocycles. The van der Waals surface area contributed by atoms with Gasteiger partial charge < -0.3 is 10.6 Å². The Morgan fingerprint density at radius 2 is 2.11 bits per heavy atom. The van der Waals surface area contributed by atoms with Crippen molar-refractivity contribution in [2.75, 3.05) is 17.7 Å². The number of aryl methyl sites for hydroxylation is 1. The lowest BCUT2D eigenvalue weighted by Gasteiger charge is -2.20. The molecule has 0 bridgehead atoms. The predicted octanol–water partition coefficient (Wildman–Crippen LogP) is 3.37. The smallest absolute Gasteiger partial charge is 0.143 e. The Hall–Kier alpha value is -1.55. The first kappa shape index (κ1) is 12.9. The van der Waals surface area contributed by atoms with Gasteiger partial charge in [0, 0.05) is 25.5 Å². The highest BCUT2D eigenvalue weighted by Crippen LogP contribution is 2.27. The molecule has 0 aliphatic heterocycles. The lowest BCUT2D eigenvalue weighted by molar-refractivity contribution is 0.892. The molecule has 0 radical (unpaired) electrons. The van der Waals surface area contributed by atoms with Crippen LogP contribution in [0, 0.1) is 6.92 Å². The lowest BCUT2D eigenvalue weighted by Crippen LogP contribution is -2.18. The summed E-state index contributed by atoms with van der Waals surface area (Å²) in [7, 11) is 2.02. The minimum atomic E-state index is 0.778. The van der Waals surface area contributed by atoms with Gasteiger partial charge in [-0.15, -0.1) is 0 Å². The number of pyridine rings is 1. The van der Waals surface area contributed by atoms with E-state index in [1.807, 2.05) is 37.5 Å². The van der Waals surface area contributed by atoms with Gasteiger partial charge in [0.1, 0.15) is 5.82 Å². The van der Waals surface area contributed by atoms with Gasteiger partial charge in [-0.05, 0) is 52.2 Å². The molecule has 0 saturated heterocycles. The first-order valence-electron chi connectivity index (χ1n) is 5.74. The van der Waals surface area contributed by atoms with E-state index in [1.54, 1.807) is 0 Å².